The van der Waals surface area contributed by atoms with E-state index in [-0.39, 0.29) is 5.75 Å². The fourth-order valence-electron chi connectivity index (χ4n) is 1.64. The van der Waals surface area contributed by atoms with Gasteiger partial charge >= 0.3 is 0 Å². The van der Waals surface area contributed by atoms with E-state index in [1.165, 1.54) is 18.2 Å². The molecule has 2 N–H and O–H groups in total. The van der Waals surface area contributed by atoms with E-state index in [9.17, 15) is 15.0 Å². The second kappa shape index (κ2) is 5.33. The molecule has 0 aliphatic rings. The number of halogens is 1. The molecule has 0 aliphatic heterocycles. The van der Waals surface area contributed by atoms with Gasteiger partial charge in [-0.05, 0) is 39.7 Å². The lowest BCUT2D eigenvalue weighted by atomic mass is 10.00. The third kappa shape index (κ3) is 2.60. The number of phenols is 1. The van der Waals surface area contributed by atoms with Crippen LogP contribution >= 0.6 is 15.9 Å². The zero-order valence-corrected chi connectivity index (χ0v) is 11.0. The number of aliphatic hydroxyl groups excluding tert-OH is 1. The Morgan fingerprint density at radius 2 is 1.78 bits per heavy atom. The molecule has 0 spiro atoms. The number of aromatic hydroxyl groups is 1. The molecule has 2 aromatic carbocycles. The van der Waals surface area contributed by atoms with Gasteiger partial charge in [-0.2, -0.15) is 0 Å². The highest BCUT2D eigenvalue weighted by molar-refractivity contribution is 9.10. The Morgan fingerprint density at radius 1 is 1.11 bits per heavy atom. The molecular formula is C14H11BrO3. The van der Waals surface area contributed by atoms with Crippen LogP contribution in [0.5, 0.6) is 5.75 Å². The second-order valence-electron chi connectivity index (χ2n) is 3.84. The van der Waals surface area contributed by atoms with Crippen LogP contribution in [0, 0.1) is 0 Å². The quantitative estimate of drug-likeness (QED) is 0.857. The van der Waals surface area contributed by atoms with Crippen LogP contribution in [-0.2, 0) is 0 Å². The van der Waals surface area contributed by atoms with Crippen LogP contribution in [0.25, 0.3) is 0 Å². The molecule has 4 heteroatoms. The lowest BCUT2D eigenvalue weighted by Gasteiger charge is -2.11. The molecular weight excluding hydrogens is 296 g/mol. The van der Waals surface area contributed by atoms with E-state index >= 15 is 0 Å². The molecule has 0 aliphatic carbocycles. The lowest BCUT2D eigenvalue weighted by Crippen LogP contribution is -2.12. The zero-order chi connectivity index (χ0) is 13.1. The highest BCUT2D eigenvalue weighted by Gasteiger charge is 2.21. The maximum atomic E-state index is 12.1. The van der Waals surface area contributed by atoms with E-state index in [0.717, 1.165) is 0 Å². The van der Waals surface area contributed by atoms with Crippen molar-refractivity contribution in [3.8, 4) is 5.75 Å². The minimum absolute atomic E-state index is 0.0626. The topological polar surface area (TPSA) is 57.5 Å². The molecule has 0 fully saturated rings. The maximum absolute atomic E-state index is 12.1. The third-order valence-electron chi connectivity index (χ3n) is 2.58. The summed E-state index contributed by atoms with van der Waals surface area (Å²) < 4.78 is 0.461. The van der Waals surface area contributed by atoms with Crippen LogP contribution in [0.2, 0.25) is 0 Å². The van der Waals surface area contributed by atoms with Gasteiger partial charge in [-0.25, -0.2) is 0 Å². The predicted molar refractivity (Wildman–Crippen MR) is 71.5 cm³/mol. The highest BCUT2D eigenvalue weighted by atomic mass is 79.9. The van der Waals surface area contributed by atoms with E-state index < -0.39 is 11.9 Å². The summed E-state index contributed by atoms with van der Waals surface area (Å²) in [6, 6.07) is 13.0. The summed E-state index contributed by atoms with van der Waals surface area (Å²) in [7, 11) is 0. The molecule has 0 saturated heterocycles. The molecule has 0 amide bonds. The van der Waals surface area contributed by atoms with Crippen molar-refractivity contribution in [3.63, 3.8) is 0 Å². The number of carbonyl (C=O) groups is 1. The summed E-state index contributed by atoms with van der Waals surface area (Å²) in [4.78, 5) is 12.1. The van der Waals surface area contributed by atoms with Gasteiger partial charge in [0.15, 0.2) is 5.78 Å². The molecule has 0 bridgehead atoms. The van der Waals surface area contributed by atoms with Gasteiger partial charge in [-0.3, -0.25) is 4.79 Å². The SMILES string of the molecule is O=C(c1ccc(O)cc1Br)C(O)c1ccccc1. The largest absolute Gasteiger partial charge is 0.508 e. The summed E-state index contributed by atoms with van der Waals surface area (Å²) in [5.41, 5.74) is 0.881. The van der Waals surface area contributed by atoms with Crippen molar-refractivity contribution in [1.29, 1.82) is 0 Å². The average Bonchev–Trinajstić information content (AvgIpc) is 2.38. The van der Waals surface area contributed by atoms with Crippen LogP contribution in [0.3, 0.4) is 0 Å². The van der Waals surface area contributed by atoms with Crippen molar-refractivity contribution in [1.82, 2.24) is 0 Å². The summed E-state index contributed by atoms with van der Waals surface area (Å²) in [5.74, 6) is -0.347. The standard InChI is InChI=1S/C14H11BrO3/c15-12-8-10(16)6-7-11(12)14(18)13(17)9-4-2-1-3-5-9/h1-8,13,16-17H. The van der Waals surface area contributed by atoms with Gasteiger partial charge in [0.2, 0.25) is 0 Å². The van der Waals surface area contributed by atoms with Gasteiger partial charge in [-0.1, -0.05) is 30.3 Å². The van der Waals surface area contributed by atoms with Crippen molar-refractivity contribution in [3.05, 3.63) is 64.1 Å². The fourth-order valence-corrected chi connectivity index (χ4v) is 2.20. The average molecular weight is 307 g/mol. The molecule has 0 saturated carbocycles. The van der Waals surface area contributed by atoms with E-state index in [0.29, 0.717) is 15.6 Å². The Bertz CT molecular complexity index is 567. The number of Topliss-reactive ketones (excluding diaryl/α,β-unsaturated/α-hetero) is 1. The fraction of sp³-hybridized carbons (Fsp3) is 0.0714. The van der Waals surface area contributed by atoms with Crippen LogP contribution < -0.4 is 0 Å². The Kier molecular flexibility index (Phi) is 3.79. The minimum atomic E-state index is -1.20. The summed E-state index contributed by atoms with van der Waals surface area (Å²) in [6.07, 6.45) is -1.20. The van der Waals surface area contributed by atoms with E-state index in [1.807, 2.05) is 6.07 Å². The van der Waals surface area contributed by atoms with Crippen LogP contribution in [0.4, 0.5) is 0 Å². The number of hydrogen-bond acceptors (Lipinski definition) is 3. The Labute approximate surface area is 113 Å². The van der Waals surface area contributed by atoms with E-state index in [2.05, 4.69) is 15.9 Å². The first-order chi connectivity index (χ1) is 8.59. The molecule has 0 heterocycles. The molecule has 2 aromatic rings. The highest BCUT2D eigenvalue weighted by Crippen LogP contribution is 2.26. The molecule has 2 rings (SSSR count). The molecule has 3 nitrogen and oxygen atoms in total. The van der Waals surface area contributed by atoms with Crippen LogP contribution in [0.1, 0.15) is 22.0 Å². The lowest BCUT2D eigenvalue weighted by molar-refractivity contribution is 0.0746. The third-order valence-corrected chi connectivity index (χ3v) is 3.24. The van der Waals surface area contributed by atoms with Crippen molar-refractivity contribution in [2.24, 2.45) is 0 Å². The predicted octanol–water partition coefficient (Wildman–Crippen LogP) is 3.07. The monoisotopic (exact) mass is 306 g/mol. The van der Waals surface area contributed by atoms with Gasteiger partial charge in [0.25, 0.3) is 0 Å². The molecule has 0 aromatic heterocycles. The summed E-state index contributed by atoms with van der Waals surface area (Å²) in [5, 5.41) is 19.3. The number of hydrogen-bond donors (Lipinski definition) is 2. The van der Waals surface area contributed by atoms with Crippen molar-refractivity contribution in [2.45, 2.75) is 6.10 Å². The number of rotatable bonds is 3. The van der Waals surface area contributed by atoms with Gasteiger partial charge in [0.05, 0.1) is 0 Å². The first kappa shape index (κ1) is 12.8. The molecule has 0 radical (unpaired) electrons. The number of ketones is 1. The summed E-state index contributed by atoms with van der Waals surface area (Å²) >= 11 is 3.20. The summed E-state index contributed by atoms with van der Waals surface area (Å²) in [6.45, 7) is 0. The minimum Gasteiger partial charge on any atom is -0.508 e. The van der Waals surface area contributed by atoms with Gasteiger partial charge in [-0.15, -0.1) is 0 Å². The zero-order valence-electron chi connectivity index (χ0n) is 9.38. The van der Waals surface area contributed by atoms with Gasteiger partial charge in [0, 0.05) is 10.0 Å². The Hall–Kier alpha value is -1.65. The van der Waals surface area contributed by atoms with E-state index in [4.69, 9.17) is 0 Å². The number of benzene rings is 2. The smallest absolute Gasteiger partial charge is 0.196 e. The Balaban J connectivity index is 2.32. The van der Waals surface area contributed by atoms with Gasteiger partial charge in [0.1, 0.15) is 11.9 Å². The molecule has 92 valence electrons. The van der Waals surface area contributed by atoms with E-state index in [1.54, 1.807) is 24.3 Å². The molecule has 18 heavy (non-hydrogen) atoms. The first-order valence-corrected chi connectivity index (χ1v) is 6.14. The Morgan fingerprint density at radius 3 is 2.39 bits per heavy atom. The molecule has 1 atom stereocenters. The van der Waals surface area contributed by atoms with Crippen molar-refractivity contribution < 1.29 is 15.0 Å². The van der Waals surface area contributed by atoms with Gasteiger partial charge < -0.3 is 10.2 Å². The molecule has 1 unspecified atom stereocenters. The van der Waals surface area contributed by atoms with Crippen molar-refractivity contribution in [2.75, 3.05) is 0 Å². The number of carbonyl (C=O) groups excluding carboxylic acids is 1. The van der Waals surface area contributed by atoms with Crippen LogP contribution in [0.15, 0.2) is 53.0 Å². The normalized spacial score (nSPS) is 12.1. The maximum Gasteiger partial charge on any atom is 0.196 e. The van der Waals surface area contributed by atoms with Crippen LogP contribution in [-0.4, -0.2) is 16.0 Å². The first-order valence-electron chi connectivity index (χ1n) is 5.35. The number of phenolic OH excluding ortho intramolecular Hbond substituents is 1. The number of aliphatic hydroxyl groups is 1. The second-order valence-corrected chi connectivity index (χ2v) is 4.70. The van der Waals surface area contributed by atoms with Crippen molar-refractivity contribution >= 4 is 21.7 Å².